The van der Waals surface area contributed by atoms with Gasteiger partial charge < -0.3 is 5.11 Å². The summed E-state index contributed by atoms with van der Waals surface area (Å²) < 4.78 is 13.6. The van der Waals surface area contributed by atoms with E-state index in [1.54, 1.807) is 0 Å². The van der Waals surface area contributed by atoms with Crippen LogP contribution in [0.3, 0.4) is 0 Å². The van der Waals surface area contributed by atoms with E-state index in [0.717, 1.165) is 12.8 Å². The van der Waals surface area contributed by atoms with Crippen LogP contribution in [0, 0.1) is 11.8 Å². The van der Waals surface area contributed by atoms with Crippen molar-refractivity contribution in [1.82, 2.24) is 4.90 Å². The van der Waals surface area contributed by atoms with Crippen LogP contribution in [0.25, 0.3) is 11.1 Å². The highest BCUT2D eigenvalue weighted by Gasteiger charge is 2.38. The van der Waals surface area contributed by atoms with Gasteiger partial charge in [-0.25, -0.2) is 4.39 Å². The summed E-state index contributed by atoms with van der Waals surface area (Å²) in [5.74, 6) is -0.812. The lowest BCUT2D eigenvalue weighted by Gasteiger charge is -2.41. The molecule has 0 saturated heterocycles. The molecule has 26 heavy (non-hydrogen) atoms. The molecular weight excluding hydrogens is 329 g/mol. The maximum atomic E-state index is 13.6. The summed E-state index contributed by atoms with van der Waals surface area (Å²) in [6.45, 7) is 1.79. The zero-order valence-corrected chi connectivity index (χ0v) is 15.4. The number of Topliss-reactive ketones (excluding diaryl/α,β-unsaturated/α-hetero) is 1. The van der Waals surface area contributed by atoms with Crippen molar-refractivity contribution >= 4 is 16.9 Å². The number of carbonyl (C=O) groups is 1. The van der Waals surface area contributed by atoms with Crippen LogP contribution in [0.5, 0.6) is 0 Å². The van der Waals surface area contributed by atoms with Gasteiger partial charge in [-0.3, -0.25) is 9.69 Å². The number of allylic oxidation sites excluding steroid dienone is 1. The van der Waals surface area contributed by atoms with Gasteiger partial charge in [0.25, 0.3) is 0 Å². The van der Waals surface area contributed by atoms with Crippen LogP contribution >= 0.6 is 0 Å². The highest BCUT2D eigenvalue weighted by molar-refractivity contribution is 5.93. The first-order valence-corrected chi connectivity index (χ1v) is 9.50. The predicted molar refractivity (Wildman–Crippen MR) is 101 cm³/mol. The van der Waals surface area contributed by atoms with Gasteiger partial charge in [-0.05, 0) is 54.6 Å². The van der Waals surface area contributed by atoms with E-state index in [1.165, 1.54) is 34.8 Å². The van der Waals surface area contributed by atoms with Crippen LogP contribution in [0.4, 0.5) is 4.39 Å². The average Bonchev–Trinajstić information content (AvgIpc) is 3.04. The van der Waals surface area contributed by atoms with Crippen molar-refractivity contribution in [3.05, 3.63) is 47.0 Å². The molecule has 1 aliphatic heterocycles. The van der Waals surface area contributed by atoms with Crippen LogP contribution in [0.1, 0.15) is 36.5 Å². The molecule has 4 rings (SSSR count). The van der Waals surface area contributed by atoms with Crippen molar-refractivity contribution in [1.29, 1.82) is 0 Å². The molecule has 1 N–H and O–H groups in total. The smallest absolute Gasteiger partial charge is 0.141 e. The quantitative estimate of drug-likeness (QED) is 0.881. The molecule has 0 bridgehead atoms. The number of hydrogen-bond acceptors (Lipinski definition) is 3. The molecule has 1 aromatic rings. The minimum Gasteiger partial charge on any atom is -0.396 e. The maximum Gasteiger partial charge on any atom is 0.141 e. The molecule has 0 radical (unpaired) electrons. The second-order valence-corrected chi connectivity index (χ2v) is 7.95. The number of carbonyl (C=O) groups excluding carboxylic acids is 1. The number of fused-ring (bicyclic) bond motifs is 2. The number of rotatable bonds is 5. The molecular formula is C22H26FNO2. The van der Waals surface area contributed by atoms with Crippen molar-refractivity contribution in [3.63, 3.8) is 0 Å². The molecule has 2 aliphatic carbocycles. The van der Waals surface area contributed by atoms with Crippen LogP contribution in [0.2, 0.25) is 0 Å². The Labute approximate surface area is 154 Å². The predicted octanol–water partition coefficient (Wildman–Crippen LogP) is 3.27. The van der Waals surface area contributed by atoms with Crippen molar-refractivity contribution < 1.29 is 14.3 Å². The van der Waals surface area contributed by atoms with Crippen molar-refractivity contribution in [2.45, 2.75) is 38.4 Å². The van der Waals surface area contributed by atoms with Crippen LogP contribution in [0.15, 0.2) is 30.4 Å². The summed E-state index contributed by atoms with van der Waals surface area (Å²) in [6.07, 6.45) is 5.37. The van der Waals surface area contributed by atoms with Crippen molar-refractivity contribution in [2.24, 2.45) is 11.8 Å². The third kappa shape index (κ3) is 2.85. The van der Waals surface area contributed by atoms with Gasteiger partial charge in [0, 0.05) is 37.5 Å². The third-order valence-electron chi connectivity index (χ3n) is 6.28. The van der Waals surface area contributed by atoms with E-state index in [9.17, 15) is 14.3 Å². The summed E-state index contributed by atoms with van der Waals surface area (Å²) in [5.41, 5.74) is 6.66. The van der Waals surface area contributed by atoms with Gasteiger partial charge >= 0.3 is 0 Å². The van der Waals surface area contributed by atoms with E-state index in [1.807, 2.05) is 0 Å². The van der Waals surface area contributed by atoms with Crippen LogP contribution in [-0.4, -0.2) is 48.2 Å². The lowest BCUT2D eigenvalue weighted by molar-refractivity contribution is -0.124. The van der Waals surface area contributed by atoms with E-state index < -0.39 is 12.1 Å². The fraction of sp³-hybridized carbons (Fsp3) is 0.500. The van der Waals surface area contributed by atoms with E-state index >= 15 is 0 Å². The first-order valence-electron chi connectivity index (χ1n) is 9.50. The number of benzene rings is 1. The lowest BCUT2D eigenvalue weighted by Crippen LogP contribution is -2.44. The van der Waals surface area contributed by atoms with Crippen LogP contribution in [-0.2, 0) is 11.2 Å². The summed E-state index contributed by atoms with van der Waals surface area (Å²) in [6, 6.07) is 6.76. The van der Waals surface area contributed by atoms with Crippen LogP contribution < -0.4 is 0 Å². The van der Waals surface area contributed by atoms with E-state index in [-0.39, 0.29) is 24.7 Å². The van der Waals surface area contributed by atoms with Crippen molar-refractivity contribution in [3.8, 4) is 0 Å². The van der Waals surface area contributed by atoms with E-state index in [4.69, 9.17) is 0 Å². The molecule has 0 aromatic heterocycles. The Kier molecular flexibility index (Phi) is 4.57. The van der Waals surface area contributed by atoms with Gasteiger partial charge in [0.2, 0.25) is 0 Å². The Hall–Kier alpha value is -1.78. The summed E-state index contributed by atoms with van der Waals surface area (Å²) in [4.78, 5) is 15.1. The number of hydrogen-bond donors (Lipinski definition) is 1. The molecule has 4 heteroatoms. The molecule has 4 atom stereocenters. The Morgan fingerprint density at radius 1 is 1.42 bits per heavy atom. The monoisotopic (exact) mass is 355 g/mol. The number of halogens is 1. The Morgan fingerprint density at radius 2 is 2.23 bits per heavy atom. The van der Waals surface area contributed by atoms with E-state index in [0.29, 0.717) is 12.6 Å². The highest BCUT2D eigenvalue weighted by atomic mass is 19.1. The van der Waals surface area contributed by atoms with E-state index in [2.05, 4.69) is 42.3 Å². The zero-order chi connectivity index (χ0) is 18.4. The number of alkyl halides is 1. The van der Waals surface area contributed by atoms with Gasteiger partial charge in [0.15, 0.2) is 0 Å². The zero-order valence-electron chi connectivity index (χ0n) is 15.4. The largest absolute Gasteiger partial charge is 0.396 e. The maximum absolute atomic E-state index is 13.6. The fourth-order valence-corrected chi connectivity index (χ4v) is 4.69. The molecule has 3 nitrogen and oxygen atoms in total. The van der Waals surface area contributed by atoms with Gasteiger partial charge in [0.1, 0.15) is 12.0 Å². The number of aliphatic hydroxyl groups excluding tert-OH is 1. The minimum absolute atomic E-state index is 0.0280. The van der Waals surface area contributed by atoms with Crippen molar-refractivity contribution in [2.75, 3.05) is 20.2 Å². The Morgan fingerprint density at radius 3 is 2.96 bits per heavy atom. The first-order chi connectivity index (χ1) is 12.5. The first kappa shape index (κ1) is 17.6. The van der Waals surface area contributed by atoms with Gasteiger partial charge in [-0.1, -0.05) is 30.4 Å². The molecule has 0 amide bonds. The molecule has 1 heterocycles. The standard InChI is InChI=1S/C22H26FNO2/c1-13(23)17(12-25)10-21(26)16-8-19-18-5-3-4-14-6-7-15(22(14)18)9-20(19)24(2)11-16/h3-5,7-8,13,16-17,20,25H,6,9-12H2,1-2H3. The van der Waals surface area contributed by atoms with Gasteiger partial charge in [0.05, 0.1) is 0 Å². The summed E-state index contributed by atoms with van der Waals surface area (Å²) >= 11 is 0. The molecule has 4 unspecified atom stereocenters. The number of aliphatic hydroxyl groups is 1. The second-order valence-electron chi connectivity index (χ2n) is 7.95. The summed E-state index contributed by atoms with van der Waals surface area (Å²) in [5, 5.41) is 9.36. The fourth-order valence-electron chi connectivity index (χ4n) is 4.69. The third-order valence-corrected chi connectivity index (χ3v) is 6.28. The van der Waals surface area contributed by atoms with Gasteiger partial charge in [-0.15, -0.1) is 0 Å². The molecule has 0 saturated carbocycles. The SMILES string of the molecule is CC(F)C(CO)CC(=O)C1C=C2c3cccc4c3C(=CC4)CC2N(C)C1. The Balaban J connectivity index is 1.67. The second kappa shape index (κ2) is 6.75. The average molecular weight is 355 g/mol. The summed E-state index contributed by atoms with van der Waals surface area (Å²) in [7, 11) is 2.07. The number of likely N-dealkylation sites (N-methyl/N-ethyl adjacent to an activating group) is 1. The molecule has 138 valence electrons. The van der Waals surface area contributed by atoms with Gasteiger partial charge in [-0.2, -0.15) is 0 Å². The topological polar surface area (TPSA) is 40.5 Å². The number of nitrogens with zero attached hydrogens (tertiary/aromatic N) is 1. The molecule has 1 aromatic carbocycles. The highest BCUT2D eigenvalue weighted by Crippen LogP contribution is 2.46. The minimum atomic E-state index is -1.18. The normalized spacial score (nSPS) is 26.5. The number of ketones is 1. The lowest BCUT2D eigenvalue weighted by atomic mass is 9.76. The Bertz CT molecular complexity index is 795. The molecule has 0 fully saturated rings. The molecule has 3 aliphatic rings. The molecule has 0 spiro atoms.